The van der Waals surface area contributed by atoms with Crippen molar-refractivity contribution >= 4 is 43.3 Å². The minimum Gasteiger partial charge on any atom is -0.462 e. The van der Waals surface area contributed by atoms with Crippen molar-refractivity contribution < 1.29 is 13.9 Å². The van der Waals surface area contributed by atoms with Crippen molar-refractivity contribution in [3.63, 3.8) is 0 Å². The highest BCUT2D eigenvalue weighted by Gasteiger charge is 2.20. The molecule has 0 saturated heterocycles. The standard InChI is InChI=1S/C12H10BrFO2S/c1-2-16-12(15)11-7(6-13)10-8(14)4-3-5-9(10)17-11/h3-5H,2,6H2,1H3. The molecule has 17 heavy (non-hydrogen) atoms. The van der Waals surface area contributed by atoms with Gasteiger partial charge in [-0.15, -0.1) is 11.3 Å². The van der Waals surface area contributed by atoms with Gasteiger partial charge in [0.2, 0.25) is 0 Å². The largest absolute Gasteiger partial charge is 0.462 e. The zero-order valence-corrected chi connectivity index (χ0v) is 11.5. The Kier molecular flexibility index (Phi) is 3.79. The van der Waals surface area contributed by atoms with Crippen molar-refractivity contribution in [2.24, 2.45) is 0 Å². The van der Waals surface area contributed by atoms with Crippen molar-refractivity contribution in [3.05, 3.63) is 34.5 Å². The summed E-state index contributed by atoms with van der Waals surface area (Å²) in [4.78, 5) is 12.2. The lowest BCUT2D eigenvalue weighted by Crippen LogP contribution is -2.04. The molecule has 2 rings (SSSR count). The second kappa shape index (κ2) is 5.14. The first kappa shape index (κ1) is 12.5. The van der Waals surface area contributed by atoms with Crippen LogP contribution in [0.15, 0.2) is 18.2 Å². The highest BCUT2D eigenvalue weighted by atomic mass is 79.9. The van der Waals surface area contributed by atoms with Crippen molar-refractivity contribution in [1.29, 1.82) is 0 Å². The predicted molar refractivity (Wildman–Crippen MR) is 70.4 cm³/mol. The van der Waals surface area contributed by atoms with Gasteiger partial charge in [-0.05, 0) is 24.6 Å². The quantitative estimate of drug-likeness (QED) is 0.629. The summed E-state index contributed by atoms with van der Waals surface area (Å²) in [5.41, 5.74) is 0.668. The number of ether oxygens (including phenoxy) is 1. The Morgan fingerprint density at radius 3 is 2.94 bits per heavy atom. The molecule has 0 spiro atoms. The number of rotatable bonds is 3. The van der Waals surface area contributed by atoms with E-state index in [-0.39, 0.29) is 11.8 Å². The summed E-state index contributed by atoms with van der Waals surface area (Å²) in [6.45, 7) is 2.07. The van der Waals surface area contributed by atoms with Crippen LogP contribution in [0.4, 0.5) is 4.39 Å². The summed E-state index contributed by atoms with van der Waals surface area (Å²) in [5.74, 6) is -0.689. The van der Waals surface area contributed by atoms with Crippen LogP contribution in [0.1, 0.15) is 22.2 Å². The van der Waals surface area contributed by atoms with Crippen LogP contribution in [0.5, 0.6) is 0 Å². The van der Waals surface area contributed by atoms with Gasteiger partial charge in [0.25, 0.3) is 0 Å². The SMILES string of the molecule is CCOC(=O)c1sc2cccc(F)c2c1CBr. The van der Waals surface area contributed by atoms with Crippen LogP contribution in [0.3, 0.4) is 0 Å². The van der Waals surface area contributed by atoms with Crippen LogP contribution in [0, 0.1) is 5.82 Å². The molecule has 0 atom stereocenters. The van der Waals surface area contributed by atoms with Crippen LogP contribution in [0.2, 0.25) is 0 Å². The van der Waals surface area contributed by atoms with Crippen molar-refractivity contribution in [2.75, 3.05) is 6.61 Å². The zero-order valence-electron chi connectivity index (χ0n) is 9.13. The minimum atomic E-state index is -0.387. The maximum atomic E-state index is 13.7. The molecule has 0 saturated carbocycles. The number of fused-ring (bicyclic) bond motifs is 1. The van der Waals surface area contributed by atoms with E-state index in [1.807, 2.05) is 0 Å². The van der Waals surface area contributed by atoms with Gasteiger partial charge in [-0.25, -0.2) is 9.18 Å². The Labute approximate surface area is 111 Å². The van der Waals surface area contributed by atoms with Crippen LogP contribution in [-0.4, -0.2) is 12.6 Å². The first-order valence-electron chi connectivity index (χ1n) is 5.12. The van der Waals surface area contributed by atoms with E-state index in [4.69, 9.17) is 4.74 Å². The molecule has 0 fully saturated rings. The number of hydrogen-bond donors (Lipinski definition) is 0. The molecule has 90 valence electrons. The fourth-order valence-electron chi connectivity index (χ4n) is 1.66. The minimum absolute atomic E-state index is 0.302. The zero-order chi connectivity index (χ0) is 12.4. The number of benzene rings is 1. The molecule has 0 aliphatic heterocycles. The maximum Gasteiger partial charge on any atom is 0.348 e. The number of thiophene rings is 1. The lowest BCUT2D eigenvalue weighted by atomic mass is 10.1. The highest BCUT2D eigenvalue weighted by Crippen LogP contribution is 2.34. The third kappa shape index (κ3) is 2.21. The van der Waals surface area contributed by atoms with Crippen LogP contribution in [0.25, 0.3) is 10.1 Å². The molecule has 0 aliphatic rings. The monoisotopic (exact) mass is 316 g/mol. The van der Waals surface area contributed by atoms with Gasteiger partial charge < -0.3 is 4.74 Å². The van der Waals surface area contributed by atoms with Gasteiger partial charge in [-0.2, -0.15) is 0 Å². The summed E-state index contributed by atoms with van der Waals surface area (Å²) in [6, 6.07) is 4.84. The maximum absolute atomic E-state index is 13.7. The van der Waals surface area contributed by atoms with E-state index in [0.29, 0.717) is 27.8 Å². The molecule has 0 aliphatic carbocycles. The van der Waals surface area contributed by atoms with Gasteiger partial charge in [0, 0.05) is 15.4 Å². The van der Waals surface area contributed by atoms with Gasteiger partial charge in [0.1, 0.15) is 10.7 Å². The van der Waals surface area contributed by atoms with Crippen LogP contribution in [-0.2, 0) is 10.1 Å². The van der Waals surface area contributed by atoms with Gasteiger partial charge >= 0.3 is 5.97 Å². The molecular weight excluding hydrogens is 307 g/mol. The number of esters is 1. The van der Waals surface area contributed by atoms with Crippen LogP contribution < -0.4 is 0 Å². The normalized spacial score (nSPS) is 10.8. The molecule has 2 nitrogen and oxygen atoms in total. The summed E-state index contributed by atoms with van der Waals surface area (Å²) in [7, 11) is 0. The lowest BCUT2D eigenvalue weighted by Gasteiger charge is -2.01. The number of carbonyl (C=O) groups excluding carboxylic acids is 1. The van der Waals surface area contributed by atoms with Crippen molar-refractivity contribution in [1.82, 2.24) is 0 Å². The fraction of sp³-hybridized carbons (Fsp3) is 0.250. The number of hydrogen-bond acceptors (Lipinski definition) is 3. The Balaban J connectivity index is 2.64. The Bertz CT molecular complexity index is 565. The van der Waals surface area contributed by atoms with E-state index in [9.17, 15) is 9.18 Å². The first-order chi connectivity index (χ1) is 8.19. The molecule has 0 unspecified atom stereocenters. The van der Waals surface area contributed by atoms with Gasteiger partial charge in [0.15, 0.2) is 0 Å². The summed E-state index contributed by atoms with van der Waals surface area (Å²) >= 11 is 4.56. The number of carbonyl (C=O) groups is 1. The van der Waals surface area contributed by atoms with Gasteiger partial charge in [-0.1, -0.05) is 22.0 Å². The third-order valence-electron chi connectivity index (χ3n) is 2.36. The fourth-order valence-corrected chi connectivity index (χ4v) is 3.53. The molecular formula is C12H10BrFO2S. The van der Waals surface area contributed by atoms with Crippen molar-refractivity contribution in [2.45, 2.75) is 12.3 Å². The average Bonchev–Trinajstić information content (AvgIpc) is 2.69. The molecule has 5 heteroatoms. The molecule has 1 aromatic carbocycles. The molecule has 1 heterocycles. The average molecular weight is 317 g/mol. The molecule has 0 N–H and O–H groups in total. The molecule has 0 radical (unpaired) electrons. The van der Waals surface area contributed by atoms with E-state index in [0.717, 1.165) is 4.70 Å². The van der Waals surface area contributed by atoms with Crippen molar-refractivity contribution in [3.8, 4) is 0 Å². The molecule has 1 aromatic heterocycles. The third-order valence-corrected chi connectivity index (χ3v) is 4.10. The lowest BCUT2D eigenvalue weighted by molar-refractivity contribution is 0.0531. The Hall–Kier alpha value is -0.940. The van der Waals surface area contributed by atoms with E-state index in [1.54, 1.807) is 19.1 Å². The second-order valence-corrected chi connectivity index (χ2v) is 4.99. The van der Waals surface area contributed by atoms with Gasteiger partial charge in [0.05, 0.1) is 6.61 Å². The van der Waals surface area contributed by atoms with E-state index < -0.39 is 0 Å². The second-order valence-electron chi connectivity index (χ2n) is 3.38. The van der Waals surface area contributed by atoms with E-state index in [1.165, 1.54) is 17.4 Å². The highest BCUT2D eigenvalue weighted by molar-refractivity contribution is 9.08. The summed E-state index contributed by atoms with van der Waals surface area (Å²) in [5, 5.41) is 0.944. The first-order valence-corrected chi connectivity index (χ1v) is 7.05. The summed E-state index contributed by atoms with van der Waals surface area (Å²) < 4.78 is 19.5. The molecule has 0 amide bonds. The van der Waals surface area contributed by atoms with E-state index in [2.05, 4.69) is 15.9 Å². The Morgan fingerprint density at radius 1 is 1.53 bits per heavy atom. The Morgan fingerprint density at radius 2 is 2.29 bits per heavy atom. The topological polar surface area (TPSA) is 26.3 Å². The smallest absolute Gasteiger partial charge is 0.348 e. The van der Waals surface area contributed by atoms with E-state index >= 15 is 0 Å². The number of halogens is 2. The predicted octanol–water partition coefficient (Wildman–Crippen LogP) is 4.11. The van der Waals surface area contributed by atoms with Gasteiger partial charge in [-0.3, -0.25) is 0 Å². The number of alkyl halides is 1. The van der Waals surface area contributed by atoms with Crippen LogP contribution >= 0.6 is 27.3 Å². The molecule has 2 aromatic rings. The molecule has 0 bridgehead atoms. The summed E-state index contributed by atoms with van der Waals surface area (Å²) in [6.07, 6.45) is 0.